The predicted octanol–water partition coefficient (Wildman–Crippen LogP) is 1.66. The fraction of sp³-hybridized carbons (Fsp3) is 0.474. The number of carbonyl (C=O) groups excluding carboxylic acids is 3. The molecular weight excluding hydrogens is 394 g/mol. The molecule has 0 aliphatic heterocycles. The molecule has 0 aliphatic rings. The van der Waals surface area contributed by atoms with E-state index in [0.717, 1.165) is 22.6 Å². The molecule has 0 saturated carbocycles. The second-order valence-corrected chi connectivity index (χ2v) is 8.07. The number of methoxy groups -OCH3 is 1. The molecule has 158 valence electrons. The number of esters is 1. The summed E-state index contributed by atoms with van der Waals surface area (Å²) in [6.07, 6.45) is 1.78. The monoisotopic (exact) mass is 421 g/mol. The van der Waals surface area contributed by atoms with Gasteiger partial charge in [-0.3, -0.25) is 19.2 Å². The summed E-state index contributed by atoms with van der Waals surface area (Å²) in [5, 5.41) is 7.28. The minimum Gasteiger partial charge on any atom is -0.465 e. The van der Waals surface area contributed by atoms with Crippen molar-refractivity contribution in [2.24, 2.45) is 7.05 Å². The third kappa shape index (κ3) is 5.01. The van der Waals surface area contributed by atoms with Crippen molar-refractivity contribution in [3.05, 3.63) is 33.5 Å². The van der Waals surface area contributed by atoms with Crippen molar-refractivity contribution >= 4 is 34.1 Å². The van der Waals surface area contributed by atoms with Crippen LogP contribution in [0.3, 0.4) is 0 Å². The molecule has 0 bridgehead atoms. The van der Waals surface area contributed by atoms with Gasteiger partial charge in [0.25, 0.3) is 5.91 Å². The van der Waals surface area contributed by atoms with Gasteiger partial charge in [0, 0.05) is 38.9 Å². The predicted molar refractivity (Wildman–Crippen MR) is 111 cm³/mol. The van der Waals surface area contributed by atoms with Gasteiger partial charge in [-0.25, -0.2) is 4.79 Å². The van der Waals surface area contributed by atoms with Gasteiger partial charge in [0.05, 0.1) is 30.3 Å². The quantitative estimate of drug-likeness (QED) is 0.683. The number of hydrogen-bond donors (Lipinski definition) is 1. The van der Waals surface area contributed by atoms with Crippen LogP contribution < -0.4 is 5.32 Å². The Balaban J connectivity index is 2.18. The molecule has 0 unspecified atom stereocenters. The lowest BCUT2D eigenvalue weighted by atomic mass is 10.1. The summed E-state index contributed by atoms with van der Waals surface area (Å²) in [6.45, 7) is 4.32. The molecule has 0 aliphatic carbocycles. The van der Waals surface area contributed by atoms with Crippen molar-refractivity contribution in [3.63, 3.8) is 0 Å². The van der Waals surface area contributed by atoms with Crippen LogP contribution in [0.2, 0.25) is 0 Å². The molecule has 0 spiro atoms. The van der Waals surface area contributed by atoms with E-state index >= 15 is 0 Å². The second-order valence-electron chi connectivity index (χ2n) is 7.05. The van der Waals surface area contributed by atoms with Crippen LogP contribution in [0.25, 0.3) is 0 Å². The highest BCUT2D eigenvalue weighted by atomic mass is 32.1. The summed E-state index contributed by atoms with van der Waals surface area (Å²) in [6, 6.07) is 0. The Morgan fingerprint density at radius 1 is 1.24 bits per heavy atom. The molecule has 2 aromatic heterocycles. The van der Waals surface area contributed by atoms with Crippen molar-refractivity contribution in [3.8, 4) is 0 Å². The van der Waals surface area contributed by atoms with Crippen LogP contribution >= 0.6 is 11.3 Å². The van der Waals surface area contributed by atoms with E-state index in [4.69, 9.17) is 4.74 Å². The number of ether oxygens (including phenoxy) is 1. The molecule has 0 aromatic carbocycles. The smallest absolute Gasteiger partial charge is 0.341 e. The van der Waals surface area contributed by atoms with E-state index in [0.29, 0.717) is 22.0 Å². The van der Waals surface area contributed by atoms with E-state index < -0.39 is 5.97 Å². The lowest BCUT2D eigenvalue weighted by Crippen LogP contribution is -2.30. The zero-order valence-electron chi connectivity index (χ0n) is 17.8. The fourth-order valence-corrected chi connectivity index (χ4v) is 4.05. The number of nitrogens with zero attached hydrogens (tertiary/aromatic N) is 4. The highest BCUT2D eigenvalue weighted by Gasteiger charge is 2.27. The number of rotatable bonds is 7. The molecule has 0 radical (unpaired) electrons. The van der Waals surface area contributed by atoms with Gasteiger partial charge in [0.15, 0.2) is 0 Å². The Kier molecular flexibility index (Phi) is 7.15. The summed E-state index contributed by atoms with van der Waals surface area (Å²) < 4.78 is 6.62. The van der Waals surface area contributed by atoms with Gasteiger partial charge >= 0.3 is 5.97 Å². The van der Waals surface area contributed by atoms with Gasteiger partial charge in [0.1, 0.15) is 5.00 Å². The second kappa shape index (κ2) is 9.19. The molecular formula is C19H27N5O4S. The molecule has 2 heterocycles. The number of anilines is 1. The highest BCUT2D eigenvalue weighted by molar-refractivity contribution is 7.18. The van der Waals surface area contributed by atoms with Crippen LogP contribution in [0.4, 0.5) is 5.00 Å². The number of aromatic nitrogens is 2. The molecule has 0 fully saturated rings. The number of amides is 2. The van der Waals surface area contributed by atoms with Gasteiger partial charge in [-0.1, -0.05) is 0 Å². The van der Waals surface area contributed by atoms with Crippen LogP contribution in [-0.4, -0.2) is 72.2 Å². The molecule has 2 rings (SSSR count). The van der Waals surface area contributed by atoms with E-state index in [1.54, 1.807) is 31.9 Å². The fourth-order valence-electron chi connectivity index (χ4n) is 2.81. The maximum absolute atomic E-state index is 12.6. The van der Waals surface area contributed by atoms with Gasteiger partial charge in [-0.05, 0) is 26.5 Å². The van der Waals surface area contributed by atoms with Crippen LogP contribution in [0.5, 0.6) is 0 Å². The molecule has 0 atom stereocenters. The summed E-state index contributed by atoms with van der Waals surface area (Å²) in [5.41, 5.74) is 2.77. The zero-order valence-corrected chi connectivity index (χ0v) is 18.6. The lowest BCUT2D eigenvalue weighted by molar-refractivity contribution is -0.117. The number of aryl methyl sites for hydroxylation is 1. The first-order chi connectivity index (χ1) is 13.6. The Labute approximate surface area is 174 Å². The largest absolute Gasteiger partial charge is 0.465 e. The van der Waals surface area contributed by atoms with Crippen LogP contribution in [0.1, 0.15) is 36.9 Å². The van der Waals surface area contributed by atoms with Crippen LogP contribution in [-0.2, 0) is 23.1 Å². The van der Waals surface area contributed by atoms with Crippen LogP contribution in [0, 0.1) is 13.8 Å². The molecule has 10 heteroatoms. The SMILES string of the molecule is COC(=O)c1c(NC(=O)CN(C)Cc2cnn(C)c2C)sc(C(=O)N(C)C)c1C. The van der Waals surface area contributed by atoms with Gasteiger partial charge in [-0.2, -0.15) is 5.10 Å². The van der Waals surface area contributed by atoms with E-state index in [1.165, 1.54) is 12.0 Å². The van der Waals surface area contributed by atoms with Crippen molar-refractivity contribution < 1.29 is 19.1 Å². The maximum Gasteiger partial charge on any atom is 0.341 e. The average molecular weight is 422 g/mol. The van der Waals surface area contributed by atoms with Crippen molar-refractivity contribution in [2.45, 2.75) is 20.4 Å². The first-order valence-electron chi connectivity index (χ1n) is 8.96. The number of nitrogens with one attached hydrogen (secondary N) is 1. The van der Waals surface area contributed by atoms with Gasteiger partial charge in [0.2, 0.25) is 5.91 Å². The number of thiophene rings is 1. The summed E-state index contributed by atoms with van der Waals surface area (Å²) in [7, 11) is 8.22. The third-order valence-electron chi connectivity index (χ3n) is 4.58. The topological polar surface area (TPSA) is 96.8 Å². The average Bonchev–Trinajstić information content (AvgIpc) is 3.13. The van der Waals surface area contributed by atoms with Crippen molar-refractivity contribution in [2.75, 3.05) is 40.1 Å². The molecule has 9 nitrogen and oxygen atoms in total. The van der Waals surface area contributed by atoms with E-state index in [9.17, 15) is 14.4 Å². The molecule has 29 heavy (non-hydrogen) atoms. The standard InChI is InChI=1S/C19H27N5O4S/c1-11-15(19(27)28-7)17(29-16(11)18(26)22(3)4)21-14(25)10-23(5)9-13-8-20-24(6)12(13)2/h8H,9-10H2,1-7H3,(H,21,25). The summed E-state index contributed by atoms with van der Waals surface area (Å²) in [4.78, 5) is 40.9. The van der Waals surface area contributed by atoms with Gasteiger partial charge < -0.3 is 15.0 Å². The Bertz CT molecular complexity index is 931. The van der Waals surface area contributed by atoms with Crippen molar-refractivity contribution in [1.82, 2.24) is 19.6 Å². The number of carbonyl (C=O) groups is 3. The summed E-state index contributed by atoms with van der Waals surface area (Å²) >= 11 is 1.08. The lowest BCUT2D eigenvalue weighted by Gasteiger charge is -2.16. The van der Waals surface area contributed by atoms with Gasteiger partial charge in [-0.15, -0.1) is 11.3 Å². The van der Waals surface area contributed by atoms with Crippen LogP contribution in [0.15, 0.2) is 6.20 Å². The first-order valence-corrected chi connectivity index (χ1v) is 9.77. The van der Waals surface area contributed by atoms with Crippen molar-refractivity contribution in [1.29, 1.82) is 0 Å². The molecule has 1 N–H and O–H groups in total. The molecule has 2 amide bonds. The van der Waals surface area contributed by atoms with E-state index in [-0.39, 0.29) is 23.9 Å². The molecule has 0 saturated heterocycles. The Morgan fingerprint density at radius 3 is 2.41 bits per heavy atom. The minimum atomic E-state index is -0.591. The Morgan fingerprint density at radius 2 is 1.90 bits per heavy atom. The number of hydrogen-bond acceptors (Lipinski definition) is 7. The maximum atomic E-state index is 12.6. The highest BCUT2D eigenvalue weighted by Crippen LogP contribution is 2.34. The first kappa shape index (κ1) is 22.6. The summed E-state index contributed by atoms with van der Waals surface area (Å²) in [5.74, 6) is -1.11. The normalized spacial score (nSPS) is 10.9. The minimum absolute atomic E-state index is 0.114. The number of likely N-dealkylation sites (N-methyl/N-ethyl adjacent to an activating group) is 1. The van der Waals surface area contributed by atoms with E-state index in [2.05, 4.69) is 10.4 Å². The van der Waals surface area contributed by atoms with E-state index in [1.807, 2.05) is 25.9 Å². The Hall–Kier alpha value is -2.72. The zero-order chi connectivity index (χ0) is 21.9. The molecule has 2 aromatic rings. The third-order valence-corrected chi connectivity index (χ3v) is 5.78.